The maximum atomic E-state index is 13.5. The van der Waals surface area contributed by atoms with E-state index in [4.69, 9.17) is 5.11 Å². The van der Waals surface area contributed by atoms with Crippen molar-refractivity contribution in [3.63, 3.8) is 0 Å². The zero-order chi connectivity index (χ0) is 15.5. The summed E-state index contributed by atoms with van der Waals surface area (Å²) in [6, 6.07) is 4.43. The largest absolute Gasteiger partial charge is 0.481 e. The number of benzene rings is 1. The summed E-state index contributed by atoms with van der Waals surface area (Å²) in [7, 11) is 0. The number of carbonyl (C=O) groups is 2. The summed E-state index contributed by atoms with van der Waals surface area (Å²) < 4.78 is 14.2. The Hall–Kier alpha value is -1.69. The van der Waals surface area contributed by atoms with Gasteiger partial charge in [-0.25, -0.2) is 4.39 Å². The second kappa shape index (κ2) is 6.39. The molecule has 0 atom stereocenters. The maximum Gasteiger partial charge on any atom is 0.311 e. The van der Waals surface area contributed by atoms with E-state index in [1.807, 2.05) is 0 Å². The van der Waals surface area contributed by atoms with E-state index in [0.717, 1.165) is 6.42 Å². The number of hydrogen-bond donors (Lipinski definition) is 2. The van der Waals surface area contributed by atoms with E-state index in [2.05, 4.69) is 21.2 Å². The third-order valence-electron chi connectivity index (χ3n) is 3.74. The van der Waals surface area contributed by atoms with E-state index < -0.39 is 23.1 Å². The molecule has 0 heterocycles. The first kappa shape index (κ1) is 15.7. The van der Waals surface area contributed by atoms with E-state index in [-0.39, 0.29) is 12.1 Å². The fourth-order valence-corrected chi connectivity index (χ4v) is 2.57. The van der Waals surface area contributed by atoms with Crippen molar-refractivity contribution >= 4 is 33.9 Å². The number of hydrogen-bond acceptors (Lipinski definition) is 2. The first-order valence-electron chi connectivity index (χ1n) is 6.57. The molecule has 0 unspecified atom stereocenters. The van der Waals surface area contributed by atoms with Crippen LogP contribution in [-0.4, -0.2) is 23.5 Å². The lowest BCUT2D eigenvalue weighted by Gasteiger charge is -2.37. The minimum Gasteiger partial charge on any atom is -0.481 e. The Morgan fingerprint density at radius 2 is 2.14 bits per heavy atom. The Bertz CT molecular complexity index is 597. The molecule has 112 valence electrons. The highest BCUT2D eigenvalue weighted by molar-refractivity contribution is 9.10. The number of amides is 1. The number of carboxylic acid groups (broad SMARTS) is 1. The molecule has 1 aliphatic rings. The molecule has 1 saturated carbocycles. The lowest BCUT2D eigenvalue weighted by Crippen LogP contribution is -2.47. The Balaban J connectivity index is 1.94. The average molecular weight is 356 g/mol. The summed E-state index contributed by atoms with van der Waals surface area (Å²) in [6.07, 6.45) is 4.59. The number of halogens is 2. The van der Waals surface area contributed by atoms with Crippen molar-refractivity contribution in [3.05, 3.63) is 40.1 Å². The van der Waals surface area contributed by atoms with E-state index in [1.165, 1.54) is 18.2 Å². The van der Waals surface area contributed by atoms with Crippen molar-refractivity contribution in [2.24, 2.45) is 5.41 Å². The van der Waals surface area contributed by atoms with Gasteiger partial charge in [0.2, 0.25) is 5.91 Å². The molecule has 0 radical (unpaired) electrons. The second-order valence-corrected chi connectivity index (χ2v) is 6.07. The van der Waals surface area contributed by atoms with Gasteiger partial charge in [0.1, 0.15) is 5.82 Å². The van der Waals surface area contributed by atoms with Crippen LogP contribution in [0.4, 0.5) is 4.39 Å². The van der Waals surface area contributed by atoms with Crippen molar-refractivity contribution < 1.29 is 19.1 Å². The molecule has 1 aromatic carbocycles. The topological polar surface area (TPSA) is 66.4 Å². The van der Waals surface area contributed by atoms with Crippen LogP contribution in [0.5, 0.6) is 0 Å². The van der Waals surface area contributed by atoms with Crippen LogP contribution < -0.4 is 5.32 Å². The summed E-state index contributed by atoms with van der Waals surface area (Å²) >= 11 is 3.23. The minimum atomic E-state index is -0.879. The highest BCUT2D eigenvalue weighted by Crippen LogP contribution is 2.40. The zero-order valence-corrected chi connectivity index (χ0v) is 12.8. The Kier molecular flexibility index (Phi) is 4.77. The Morgan fingerprint density at radius 3 is 2.71 bits per heavy atom. The molecular formula is C15H15BrFNO3. The fraction of sp³-hybridized carbons (Fsp3) is 0.333. The fourth-order valence-electron chi connectivity index (χ4n) is 2.19. The molecule has 4 nitrogen and oxygen atoms in total. The average Bonchev–Trinajstić information content (AvgIpc) is 2.38. The van der Waals surface area contributed by atoms with Gasteiger partial charge in [0.25, 0.3) is 0 Å². The van der Waals surface area contributed by atoms with Gasteiger partial charge in [-0.1, -0.05) is 22.4 Å². The predicted molar refractivity (Wildman–Crippen MR) is 80.1 cm³/mol. The van der Waals surface area contributed by atoms with E-state index in [1.54, 1.807) is 12.1 Å². The van der Waals surface area contributed by atoms with E-state index in [0.29, 0.717) is 17.3 Å². The van der Waals surface area contributed by atoms with Gasteiger partial charge in [-0.3, -0.25) is 9.59 Å². The quantitative estimate of drug-likeness (QED) is 0.798. The van der Waals surface area contributed by atoms with Crippen molar-refractivity contribution in [1.82, 2.24) is 5.32 Å². The first-order chi connectivity index (χ1) is 9.93. The number of rotatable bonds is 5. The third kappa shape index (κ3) is 3.69. The van der Waals surface area contributed by atoms with Gasteiger partial charge in [-0.05, 0) is 37.1 Å². The predicted octanol–water partition coefficient (Wildman–Crippen LogP) is 2.97. The second-order valence-electron chi connectivity index (χ2n) is 5.16. The van der Waals surface area contributed by atoms with Gasteiger partial charge in [0.05, 0.1) is 5.41 Å². The van der Waals surface area contributed by atoms with Gasteiger partial charge in [-0.15, -0.1) is 0 Å². The summed E-state index contributed by atoms with van der Waals surface area (Å²) in [5, 5.41) is 11.7. The van der Waals surface area contributed by atoms with Crippen LogP contribution in [0.15, 0.2) is 28.7 Å². The molecule has 1 aliphatic carbocycles. The third-order valence-corrected chi connectivity index (χ3v) is 4.23. The number of nitrogens with one attached hydrogen (secondary N) is 1. The van der Waals surface area contributed by atoms with Gasteiger partial charge >= 0.3 is 5.97 Å². The highest BCUT2D eigenvalue weighted by Gasteiger charge is 2.44. The van der Waals surface area contributed by atoms with Crippen molar-refractivity contribution in [1.29, 1.82) is 0 Å². The molecule has 6 heteroatoms. The molecular weight excluding hydrogens is 341 g/mol. The summed E-state index contributed by atoms with van der Waals surface area (Å²) in [4.78, 5) is 22.9. The zero-order valence-electron chi connectivity index (χ0n) is 11.2. The van der Waals surface area contributed by atoms with Crippen LogP contribution in [0.25, 0.3) is 6.08 Å². The van der Waals surface area contributed by atoms with Crippen LogP contribution in [0.2, 0.25) is 0 Å². The van der Waals surface area contributed by atoms with Crippen molar-refractivity contribution in [3.8, 4) is 0 Å². The van der Waals surface area contributed by atoms with E-state index in [9.17, 15) is 14.0 Å². The van der Waals surface area contributed by atoms with Gasteiger partial charge < -0.3 is 10.4 Å². The van der Waals surface area contributed by atoms with E-state index >= 15 is 0 Å². The summed E-state index contributed by atoms with van der Waals surface area (Å²) in [5.41, 5.74) is -0.541. The van der Waals surface area contributed by atoms with Crippen LogP contribution in [0.3, 0.4) is 0 Å². The smallest absolute Gasteiger partial charge is 0.311 e. The molecule has 21 heavy (non-hydrogen) atoms. The summed E-state index contributed by atoms with van der Waals surface area (Å²) in [5.74, 6) is -1.73. The standard InChI is InChI=1S/C15H15BrFNO3/c16-11-3-4-12(17)10(8-11)2-5-13(19)18-9-15(14(20)21)6-1-7-15/h2-5,8H,1,6-7,9H2,(H,18,19)(H,20,21)/b5-2+. The molecule has 0 aliphatic heterocycles. The lowest BCUT2D eigenvalue weighted by molar-refractivity contribution is -0.154. The van der Waals surface area contributed by atoms with Crippen molar-refractivity contribution in [2.75, 3.05) is 6.54 Å². The number of carbonyl (C=O) groups excluding carboxylic acids is 1. The van der Waals surface area contributed by atoms with Crippen LogP contribution in [0.1, 0.15) is 24.8 Å². The molecule has 0 spiro atoms. The monoisotopic (exact) mass is 355 g/mol. The molecule has 0 bridgehead atoms. The molecule has 1 aromatic rings. The minimum absolute atomic E-state index is 0.104. The molecule has 0 aromatic heterocycles. The molecule has 2 N–H and O–H groups in total. The SMILES string of the molecule is O=C(/C=C/c1cc(Br)ccc1F)NCC1(C(=O)O)CCC1. The number of aliphatic carboxylic acids is 1. The van der Waals surface area contributed by atoms with Gasteiger partial charge in [0.15, 0.2) is 0 Å². The Morgan fingerprint density at radius 1 is 1.43 bits per heavy atom. The molecule has 1 amide bonds. The first-order valence-corrected chi connectivity index (χ1v) is 7.37. The van der Waals surface area contributed by atoms with Crippen LogP contribution in [-0.2, 0) is 9.59 Å². The maximum absolute atomic E-state index is 13.5. The molecule has 1 fully saturated rings. The van der Waals surface area contributed by atoms with Crippen LogP contribution in [0, 0.1) is 11.2 Å². The van der Waals surface area contributed by atoms with Crippen LogP contribution >= 0.6 is 15.9 Å². The van der Waals surface area contributed by atoms with Crippen molar-refractivity contribution in [2.45, 2.75) is 19.3 Å². The Labute approximate surface area is 130 Å². The highest BCUT2D eigenvalue weighted by atomic mass is 79.9. The number of carboxylic acids is 1. The lowest BCUT2D eigenvalue weighted by atomic mass is 9.69. The normalized spacial score (nSPS) is 16.5. The van der Waals surface area contributed by atoms with Gasteiger partial charge in [-0.2, -0.15) is 0 Å². The molecule has 2 rings (SSSR count). The molecule has 0 saturated heterocycles. The van der Waals surface area contributed by atoms with Gasteiger partial charge in [0, 0.05) is 22.7 Å². The summed E-state index contributed by atoms with van der Waals surface area (Å²) in [6.45, 7) is 0.104.